The lowest BCUT2D eigenvalue weighted by Gasteiger charge is -2.16. The molecule has 2 N–H and O–H groups in total. The fourth-order valence-electron chi connectivity index (χ4n) is 1.94. The number of aryl methyl sites for hydroxylation is 2. The van der Waals surface area contributed by atoms with E-state index in [0.29, 0.717) is 10.7 Å². The average Bonchev–Trinajstić information content (AvgIpc) is 2.76. The lowest BCUT2D eigenvalue weighted by atomic mass is 10.1. The van der Waals surface area contributed by atoms with Gasteiger partial charge in [0.05, 0.1) is 22.5 Å². The van der Waals surface area contributed by atoms with Crippen LogP contribution in [-0.2, 0) is 0 Å². The number of hydrogen-bond donors (Lipinski definition) is 2. The number of nitrogens with zero attached hydrogens (tertiary/aromatic N) is 2. The standard InChI is InChI=1S/C14H17ClN4O/c1-4-10(11-7-5-6-8(2)16-11)17-14(20)13-12(15)9(3)18-19-13/h5-7,10H,4H2,1-3H3,(H,17,20)(H,18,19). The first-order chi connectivity index (χ1) is 9.52. The lowest BCUT2D eigenvalue weighted by Crippen LogP contribution is -2.29. The highest BCUT2D eigenvalue weighted by molar-refractivity contribution is 6.34. The number of H-pyrrole nitrogens is 1. The van der Waals surface area contributed by atoms with E-state index in [9.17, 15) is 4.79 Å². The van der Waals surface area contributed by atoms with Crippen molar-refractivity contribution in [3.63, 3.8) is 0 Å². The minimum Gasteiger partial charge on any atom is -0.342 e. The van der Waals surface area contributed by atoms with Crippen LogP contribution in [0.2, 0.25) is 5.02 Å². The van der Waals surface area contributed by atoms with Gasteiger partial charge in [-0.05, 0) is 32.4 Å². The van der Waals surface area contributed by atoms with E-state index in [4.69, 9.17) is 11.6 Å². The van der Waals surface area contributed by atoms with E-state index in [1.165, 1.54) is 0 Å². The quantitative estimate of drug-likeness (QED) is 0.910. The van der Waals surface area contributed by atoms with Crippen LogP contribution in [0.1, 0.15) is 47.0 Å². The van der Waals surface area contributed by atoms with Crippen LogP contribution in [0.5, 0.6) is 0 Å². The van der Waals surface area contributed by atoms with Gasteiger partial charge in [-0.1, -0.05) is 24.6 Å². The third kappa shape index (κ3) is 2.99. The summed E-state index contributed by atoms with van der Waals surface area (Å²) in [6.45, 7) is 5.68. The van der Waals surface area contributed by atoms with Gasteiger partial charge in [-0.25, -0.2) is 0 Å². The highest BCUT2D eigenvalue weighted by Crippen LogP contribution is 2.20. The van der Waals surface area contributed by atoms with E-state index in [1.54, 1.807) is 6.92 Å². The molecule has 0 radical (unpaired) electrons. The number of nitrogens with one attached hydrogen (secondary N) is 2. The molecule has 2 aromatic rings. The molecule has 0 bridgehead atoms. The number of pyridine rings is 1. The third-order valence-corrected chi connectivity index (χ3v) is 3.53. The van der Waals surface area contributed by atoms with Gasteiger partial charge in [-0.2, -0.15) is 5.10 Å². The molecule has 106 valence electrons. The molecule has 2 heterocycles. The van der Waals surface area contributed by atoms with Crippen molar-refractivity contribution in [2.24, 2.45) is 0 Å². The van der Waals surface area contributed by atoms with Crippen LogP contribution in [0, 0.1) is 13.8 Å². The fraction of sp³-hybridized carbons (Fsp3) is 0.357. The van der Waals surface area contributed by atoms with Crippen LogP contribution in [0.15, 0.2) is 18.2 Å². The molecule has 0 aliphatic rings. The summed E-state index contributed by atoms with van der Waals surface area (Å²) in [5.74, 6) is -0.297. The Labute approximate surface area is 122 Å². The van der Waals surface area contributed by atoms with Crippen molar-refractivity contribution < 1.29 is 4.79 Å². The minimum atomic E-state index is -0.297. The number of amides is 1. The van der Waals surface area contributed by atoms with Crippen molar-refractivity contribution in [1.29, 1.82) is 0 Å². The average molecular weight is 293 g/mol. The van der Waals surface area contributed by atoms with Gasteiger partial charge in [0.15, 0.2) is 5.69 Å². The zero-order valence-electron chi connectivity index (χ0n) is 11.7. The Hall–Kier alpha value is -1.88. The van der Waals surface area contributed by atoms with Crippen molar-refractivity contribution in [3.05, 3.63) is 46.0 Å². The minimum absolute atomic E-state index is 0.157. The molecular weight excluding hydrogens is 276 g/mol. The number of carbonyl (C=O) groups is 1. The van der Waals surface area contributed by atoms with Gasteiger partial charge in [0, 0.05) is 5.69 Å². The van der Waals surface area contributed by atoms with E-state index in [-0.39, 0.29) is 17.6 Å². The molecule has 5 nitrogen and oxygen atoms in total. The van der Waals surface area contributed by atoms with Crippen molar-refractivity contribution >= 4 is 17.5 Å². The summed E-state index contributed by atoms with van der Waals surface area (Å²) in [5.41, 5.74) is 2.65. The maximum Gasteiger partial charge on any atom is 0.273 e. The molecule has 0 aliphatic carbocycles. The highest BCUT2D eigenvalue weighted by atomic mass is 35.5. The summed E-state index contributed by atoms with van der Waals surface area (Å²) < 4.78 is 0. The molecule has 0 aliphatic heterocycles. The molecule has 2 rings (SSSR count). The number of halogens is 1. The van der Waals surface area contributed by atoms with Crippen molar-refractivity contribution in [2.45, 2.75) is 33.2 Å². The molecule has 6 heteroatoms. The van der Waals surface area contributed by atoms with E-state index in [1.807, 2.05) is 32.0 Å². The Morgan fingerprint density at radius 3 is 2.75 bits per heavy atom. The predicted molar refractivity (Wildman–Crippen MR) is 77.8 cm³/mol. The van der Waals surface area contributed by atoms with Crippen LogP contribution < -0.4 is 5.32 Å². The molecule has 1 unspecified atom stereocenters. The Balaban J connectivity index is 2.18. The maximum absolute atomic E-state index is 12.2. The second-order valence-corrected chi connectivity index (χ2v) is 5.03. The molecule has 0 spiro atoms. The molecular formula is C14H17ClN4O. The molecule has 0 fully saturated rings. The number of hydrogen-bond acceptors (Lipinski definition) is 3. The first-order valence-electron chi connectivity index (χ1n) is 6.47. The van der Waals surface area contributed by atoms with Crippen LogP contribution in [0.3, 0.4) is 0 Å². The molecule has 0 aromatic carbocycles. The van der Waals surface area contributed by atoms with Crippen LogP contribution >= 0.6 is 11.6 Å². The van der Waals surface area contributed by atoms with Gasteiger partial charge in [-0.15, -0.1) is 0 Å². The Morgan fingerprint density at radius 1 is 1.45 bits per heavy atom. The van der Waals surface area contributed by atoms with Gasteiger partial charge >= 0.3 is 0 Å². The van der Waals surface area contributed by atoms with Gasteiger partial charge in [0.2, 0.25) is 0 Å². The Bertz CT molecular complexity index is 623. The van der Waals surface area contributed by atoms with Crippen molar-refractivity contribution in [1.82, 2.24) is 20.5 Å². The number of carbonyl (C=O) groups excluding carboxylic acids is 1. The van der Waals surface area contributed by atoms with Crippen LogP contribution in [0.4, 0.5) is 0 Å². The second-order valence-electron chi connectivity index (χ2n) is 4.65. The summed E-state index contributed by atoms with van der Waals surface area (Å²) in [4.78, 5) is 16.6. The van der Waals surface area contributed by atoms with Crippen molar-refractivity contribution in [3.8, 4) is 0 Å². The first kappa shape index (κ1) is 14.5. The summed E-state index contributed by atoms with van der Waals surface area (Å²) in [6.07, 6.45) is 0.739. The van der Waals surface area contributed by atoms with E-state index < -0.39 is 0 Å². The first-order valence-corrected chi connectivity index (χ1v) is 6.85. The summed E-state index contributed by atoms with van der Waals surface area (Å²) >= 11 is 6.03. The van der Waals surface area contributed by atoms with E-state index >= 15 is 0 Å². The summed E-state index contributed by atoms with van der Waals surface area (Å²) in [5, 5.41) is 9.89. The number of aromatic nitrogens is 3. The maximum atomic E-state index is 12.2. The lowest BCUT2D eigenvalue weighted by molar-refractivity contribution is 0.0929. The zero-order valence-corrected chi connectivity index (χ0v) is 12.5. The van der Waals surface area contributed by atoms with Gasteiger partial charge in [0.1, 0.15) is 0 Å². The fourth-order valence-corrected chi connectivity index (χ4v) is 2.11. The predicted octanol–water partition coefficient (Wildman–Crippen LogP) is 2.96. The van der Waals surface area contributed by atoms with Crippen LogP contribution in [0.25, 0.3) is 0 Å². The second kappa shape index (κ2) is 6.05. The molecule has 0 saturated heterocycles. The largest absolute Gasteiger partial charge is 0.342 e. The van der Waals surface area contributed by atoms with Gasteiger partial charge in [0.25, 0.3) is 5.91 Å². The Morgan fingerprint density at radius 2 is 2.20 bits per heavy atom. The van der Waals surface area contributed by atoms with E-state index in [0.717, 1.165) is 17.8 Å². The molecule has 20 heavy (non-hydrogen) atoms. The Kier molecular flexibility index (Phi) is 4.39. The monoisotopic (exact) mass is 292 g/mol. The SMILES string of the molecule is CCC(NC(=O)c1n[nH]c(C)c1Cl)c1cccc(C)n1. The molecule has 1 amide bonds. The summed E-state index contributed by atoms with van der Waals surface area (Å²) in [7, 11) is 0. The van der Waals surface area contributed by atoms with Gasteiger partial charge < -0.3 is 5.32 Å². The smallest absolute Gasteiger partial charge is 0.273 e. The normalized spacial score (nSPS) is 12.2. The van der Waals surface area contributed by atoms with Crippen molar-refractivity contribution in [2.75, 3.05) is 0 Å². The topological polar surface area (TPSA) is 70.7 Å². The molecule has 0 saturated carbocycles. The van der Waals surface area contributed by atoms with Crippen LogP contribution in [-0.4, -0.2) is 21.1 Å². The number of aromatic amines is 1. The number of rotatable bonds is 4. The zero-order chi connectivity index (χ0) is 14.7. The third-order valence-electron chi connectivity index (χ3n) is 3.07. The summed E-state index contributed by atoms with van der Waals surface area (Å²) in [6, 6.07) is 5.60. The molecule has 1 atom stereocenters. The molecule has 2 aromatic heterocycles. The highest BCUT2D eigenvalue weighted by Gasteiger charge is 2.20. The van der Waals surface area contributed by atoms with E-state index in [2.05, 4.69) is 20.5 Å². The van der Waals surface area contributed by atoms with Gasteiger partial charge in [-0.3, -0.25) is 14.9 Å².